The first-order valence-electron chi connectivity index (χ1n) is 11.1. The molecule has 0 saturated carbocycles. The van der Waals surface area contributed by atoms with Crippen LogP contribution < -0.4 is 10.1 Å². The molecule has 0 saturated heterocycles. The molecule has 7 heteroatoms. The molecule has 176 valence electrons. The number of halogens is 2. The van der Waals surface area contributed by atoms with Gasteiger partial charge in [-0.1, -0.05) is 47.5 Å². The fourth-order valence-corrected chi connectivity index (χ4v) is 4.42. The van der Waals surface area contributed by atoms with Gasteiger partial charge >= 0.3 is 0 Å². The second-order valence-electron chi connectivity index (χ2n) is 7.92. The Morgan fingerprint density at radius 2 is 1.86 bits per heavy atom. The lowest BCUT2D eigenvalue weighted by Gasteiger charge is -2.11. The summed E-state index contributed by atoms with van der Waals surface area (Å²) in [6.07, 6.45) is 1.64. The van der Waals surface area contributed by atoms with Gasteiger partial charge in [-0.25, -0.2) is 0 Å². The zero-order chi connectivity index (χ0) is 24.9. The van der Waals surface area contributed by atoms with Crippen LogP contribution in [0.1, 0.15) is 23.7 Å². The zero-order valence-electron chi connectivity index (χ0n) is 19.3. The number of hydrogen-bond donors (Lipinski definition) is 1. The van der Waals surface area contributed by atoms with Crippen molar-refractivity contribution in [3.63, 3.8) is 0 Å². The summed E-state index contributed by atoms with van der Waals surface area (Å²) in [5.74, 6) is 0.236. The maximum absolute atomic E-state index is 12.9. The van der Waals surface area contributed by atoms with Crippen molar-refractivity contribution >= 4 is 51.8 Å². The quantitative estimate of drug-likeness (QED) is 0.213. The average Bonchev–Trinajstić information content (AvgIpc) is 3.11. The van der Waals surface area contributed by atoms with Crippen LogP contribution in [0, 0.1) is 18.3 Å². The lowest BCUT2D eigenvalue weighted by molar-refractivity contribution is -0.112. The molecular formula is C28H23Cl2N3O2. The van der Waals surface area contributed by atoms with Gasteiger partial charge in [0.25, 0.3) is 5.91 Å². The highest BCUT2D eigenvalue weighted by atomic mass is 35.5. The van der Waals surface area contributed by atoms with Crippen LogP contribution in [0.2, 0.25) is 10.0 Å². The van der Waals surface area contributed by atoms with E-state index in [1.54, 1.807) is 36.4 Å². The molecule has 4 rings (SSSR count). The summed E-state index contributed by atoms with van der Waals surface area (Å²) >= 11 is 12.5. The second kappa shape index (κ2) is 10.7. The number of fused-ring (bicyclic) bond motifs is 1. The van der Waals surface area contributed by atoms with Crippen LogP contribution in [0.3, 0.4) is 0 Å². The third-order valence-corrected chi connectivity index (χ3v) is 6.29. The Balaban J connectivity index is 1.69. The molecule has 4 aromatic rings. The lowest BCUT2D eigenvalue weighted by Crippen LogP contribution is -2.13. The van der Waals surface area contributed by atoms with Crippen molar-refractivity contribution in [2.45, 2.75) is 20.4 Å². The van der Waals surface area contributed by atoms with Gasteiger partial charge in [0.15, 0.2) is 0 Å². The van der Waals surface area contributed by atoms with Crippen LogP contribution in [0.5, 0.6) is 5.75 Å². The molecular weight excluding hydrogens is 481 g/mol. The molecule has 0 aliphatic rings. The number of nitrogens with one attached hydrogen (secondary N) is 1. The number of amides is 1. The molecule has 0 fully saturated rings. The minimum absolute atomic E-state index is 0.00872. The van der Waals surface area contributed by atoms with E-state index >= 15 is 0 Å². The van der Waals surface area contributed by atoms with E-state index in [-0.39, 0.29) is 5.57 Å². The molecule has 1 heterocycles. The van der Waals surface area contributed by atoms with Gasteiger partial charge in [-0.3, -0.25) is 4.79 Å². The van der Waals surface area contributed by atoms with E-state index in [9.17, 15) is 10.1 Å². The summed E-state index contributed by atoms with van der Waals surface area (Å²) in [5.41, 5.74) is 4.21. The van der Waals surface area contributed by atoms with Gasteiger partial charge in [-0.05, 0) is 68.0 Å². The minimum Gasteiger partial charge on any atom is -0.494 e. The van der Waals surface area contributed by atoms with Crippen molar-refractivity contribution in [3.05, 3.63) is 99.2 Å². The molecule has 0 spiro atoms. The highest BCUT2D eigenvalue weighted by Crippen LogP contribution is 2.31. The summed E-state index contributed by atoms with van der Waals surface area (Å²) in [6, 6.07) is 22.4. The molecule has 1 amide bonds. The number of nitrogens with zero attached hydrogens (tertiary/aromatic N) is 2. The SMILES string of the molecule is CCOc1ccc(NC(=O)C(C#N)=Cc2c(C)n(Cc3ccc(Cl)cc3Cl)c3ccccc23)cc1. The number of ether oxygens (including phenoxy) is 1. The van der Waals surface area contributed by atoms with Crippen LogP contribution in [0.15, 0.2) is 72.3 Å². The van der Waals surface area contributed by atoms with Crippen LogP contribution in [0.4, 0.5) is 5.69 Å². The van der Waals surface area contributed by atoms with Crippen LogP contribution in [0.25, 0.3) is 17.0 Å². The number of anilines is 1. The number of para-hydroxylation sites is 1. The highest BCUT2D eigenvalue weighted by Gasteiger charge is 2.17. The fraction of sp³-hybridized carbons (Fsp3) is 0.143. The van der Waals surface area contributed by atoms with Crippen LogP contribution in [-0.2, 0) is 11.3 Å². The second-order valence-corrected chi connectivity index (χ2v) is 8.76. The standard InChI is InChI=1S/C28H23Cl2N3O2/c1-3-35-23-12-10-22(11-13-23)32-28(34)20(16-31)14-25-18(2)33(27-7-5-4-6-24(25)27)17-19-8-9-21(29)15-26(19)30/h4-15H,3,17H2,1-2H3,(H,32,34). The van der Waals surface area contributed by atoms with Gasteiger partial charge in [0.1, 0.15) is 17.4 Å². The zero-order valence-corrected chi connectivity index (χ0v) is 20.8. The maximum atomic E-state index is 12.9. The Morgan fingerprint density at radius 3 is 2.54 bits per heavy atom. The van der Waals surface area contributed by atoms with Crippen molar-refractivity contribution in [1.29, 1.82) is 5.26 Å². The third-order valence-electron chi connectivity index (χ3n) is 5.70. The summed E-state index contributed by atoms with van der Waals surface area (Å²) in [4.78, 5) is 12.9. The summed E-state index contributed by atoms with van der Waals surface area (Å²) in [6.45, 7) is 4.96. The Hall–Kier alpha value is -3.72. The van der Waals surface area contributed by atoms with E-state index in [1.807, 2.05) is 56.3 Å². The minimum atomic E-state index is -0.478. The molecule has 0 aliphatic heterocycles. The number of carbonyl (C=O) groups excluding carboxylic acids is 1. The van der Waals surface area contributed by atoms with Crippen LogP contribution in [-0.4, -0.2) is 17.1 Å². The van der Waals surface area contributed by atoms with E-state index in [0.29, 0.717) is 34.6 Å². The number of nitriles is 1. The van der Waals surface area contributed by atoms with Crippen molar-refractivity contribution in [1.82, 2.24) is 4.57 Å². The van der Waals surface area contributed by atoms with E-state index in [2.05, 4.69) is 9.88 Å². The number of aromatic nitrogens is 1. The number of carbonyl (C=O) groups is 1. The van der Waals surface area contributed by atoms with E-state index in [4.69, 9.17) is 27.9 Å². The van der Waals surface area contributed by atoms with Crippen molar-refractivity contribution in [2.75, 3.05) is 11.9 Å². The smallest absolute Gasteiger partial charge is 0.266 e. The molecule has 35 heavy (non-hydrogen) atoms. The summed E-state index contributed by atoms with van der Waals surface area (Å²) < 4.78 is 7.55. The van der Waals surface area contributed by atoms with E-state index in [1.165, 1.54) is 0 Å². The van der Waals surface area contributed by atoms with Crippen molar-refractivity contribution in [2.24, 2.45) is 0 Å². The average molecular weight is 504 g/mol. The normalized spacial score (nSPS) is 11.3. The first-order chi connectivity index (χ1) is 16.9. The Morgan fingerprint density at radius 1 is 1.11 bits per heavy atom. The first kappa shape index (κ1) is 24.4. The molecule has 1 aromatic heterocycles. The molecule has 0 atom stereocenters. The Labute approximate surface area is 214 Å². The van der Waals surface area contributed by atoms with Gasteiger partial charge in [0.2, 0.25) is 0 Å². The third kappa shape index (κ3) is 5.35. The van der Waals surface area contributed by atoms with Crippen molar-refractivity contribution in [3.8, 4) is 11.8 Å². The van der Waals surface area contributed by atoms with Gasteiger partial charge < -0.3 is 14.6 Å². The Kier molecular flexibility index (Phi) is 7.45. The van der Waals surface area contributed by atoms with Crippen LogP contribution >= 0.6 is 23.2 Å². The van der Waals surface area contributed by atoms with E-state index in [0.717, 1.165) is 27.7 Å². The van der Waals surface area contributed by atoms with Gasteiger partial charge in [-0.2, -0.15) is 5.26 Å². The molecule has 3 aromatic carbocycles. The lowest BCUT2D eigenvalue weighted by atomic mass is 10.1. The predicted molar refractivity (Wildman–Crippen MR) is 142 cm³/mol. The molecule has 0 unspecified atom stereocenters. The maximum Gasteiger partial charge on any atom is 0.266 e. The molecule has 0 aliphatic carbocycles. The molecule has 1 N–H and O–H groups in total. The van der Waals surface area contributed by atoms with E-state index < -0.39 is 5.91 Å². The number of hydrogen-bond acceptors (Lipinski definition) is 3. The largest absolute Gasteiger partial charge is 0.494 e. The highest BCUT2D eigenvalue weighted by molar-refractivity contribution is 6.35. The van der Waals surface area contributed by atoms with Gasteiger partial charge in [0.05, 0.1) is 6.61 Å². The number of benzene rings is 3. The topological polar surface area (TPSA) is 67.0 Å². The van der Waals surface area contributed by atoms with Gasteiger partial charge in [0, 0.05) is 44.4 Å². The molecule has 0 radical (unpaired) electrons. The Bertz CT molecular complexity index is 1460. The number of rotatable bonds is 7. The monoisotopic (exact) mass is 503 g/mol. The van der Waals surface area contributed by atoms with Gasteiger partial charge in [-0.15, -0.1) is 0 Å². The summed E-state index contributed by atoms with van der Waals surface area (Å²) in [7, 11) is 0. The first-order valence-corrected chi connectivity index (χ1v) is 11.8. The molecule has 0 bridgehead atoms. The fourth-order valence-electron chi connectivity index (χ4n) is 3.96. The van der Waals surface area contributed by atoms with Crippen molar-refractivity contribution < 1.29 is 9.53 Å². The summed E-state index contributed by atoms with van der Waals surface area (Å²) in [5, 5.41) is 14.7. The molecule has 5 nitrogen and oxygen atoms in total. The predicted octanol–water partition coefficient (Wildman–Crippen LogP) is 7.25.